The molecule has 31 heavy (non-hydrogen) atoms. The number of imidazole rings is 1. The Bertz CT molecular complexity index is 1050. The highest BCUT2D eigenvalue weighted by Gasteiger charge is 2.38. The highest BCUT2D eigenvalue weighted by molar-refractivity contribution is 6.30. The summed E-state index contributed by atoms with van der Waals surface area (Å²) in [7, 11) is 0. The number of rotatable bonds is 7. The molecular formula is C25H30ClN3O2. The Balaban J connectivity index is 1.44. The lowest BCUT2D eigenvalue weighted by atomic mass is 10.1. The van der Waals surface area contributed by atoms with Gasteiger partial charge in [-0.2, -0.15) is 0 Å². The molecule has 0 N–H and O–H groups in total. The van der Waals surface area contributed by atoms with Gasteiger partial charge in [0.2, 0.25) is 5.91 Å². The fourth-order valence-corrected chi connectivity index (χ4v) is 4.39. The molecule has 6 heteroatoms. The number of para-hydroxylation sites is 2. The summed E-state index contributed by atoms with van der Waals surface area (Å²) in [5.41, 5.74) is 1.97. The van der Waals surface area contributed by atoms with Crippen LogP contribution in [-0.4, -0.2) is 39.0 Å². The van der Waals surface area contributed by atoms with E-state index in [1.54, 1.807) is 0 Å². The van der Waals surface area contributed by atoms with Gasteiger partial charge < -0.3 is 14.2 Å². The van der Waals surface area contributed by atoms with E-state index in [-0.39, 0.29) is 17.4 Å². The molecule has 2 aromatic carbocycles. The first-order valence-electron chi connectivity index (χ1n) is 11.0. The zero-order valence-corrected chi connectivity index (χ0v) is 19.2. The Hall–Kier alpha value is -2.53. The number of aromatic nitrogens is 2. The van der Waals surface area contributed by atoms with Gasteiger partial charge in [0.05, 0.1) is 17.6 Å². The average Bonchev–Trinajstić information content (AvgIpc) is 3.30. The predicted molar refractivity (Wildman–Crippen MR) is 125 cm³/mol. The molecule has 1 fully saturated rings. The first-order valence-corrected chi connectivity index (χ1v) is 11.3. The van der Waals surface area contributed by atoms with Crippen molar-refractivity contribution in [2.45, 2.75) is 58.0 Å². The van der Waals surface area contributed by atoms with Gasteiger partial charge in [-0.05, 0) is 70.0 Å². The molecule has 0 saturated carbocycles. The molecule has 1 aromatic heterocycles. The van der Waals surface area contributed by atoms with E-state index >= 15 is 0 Å². The van der Waals surface area contributed by atoms with Gasteiger partial charge in [-0.25, -0.2) is 4.98 Å². The molecule has 1 aliphatic heterocycles. The largest absolute Gasteiger partial charge is 0.494 e. The molecule has 4 rings (SSSR count). The SMILES string of the molecule is CC(C)(C)N1C[C@H](c2nc3ccccc3n2CCCCOc2ccc(Cl)cc2)CC1=O. The van der Waals surface area contributed by atoms with Crippen LogP contribution in [0.15, 0.2) is 48.5 Å². The van der Waals surface area contributed by atoms with Crippen molar-refractivity contribution in [2.75, 3.05) is 13.2 Å². The highest BCUT2D eigenvalue weighted by Crippen LogP contribution is 2.34. The van der Waals surface area contributed by atoms with Gasteiger partial charge in [0.1, 0.15) is 11.6 Å². The van der Waals surface area contributed by atoms with E-state index in [0.717, 1.165) is 48.5 Å². The van der Waals surface area contributed by atoms with E-state index in [4.69, 9.17) is 21.3 Å². The van der Waals surface area contributed by atoms with E-state index in [9.17, 15) is 4.79 Å². The van der Waals surface area contributed by atoms with Crippen LogP contribution in [0.25, 0.3) is 11.0 Å². The lowest BCUT2D eigenvalue weighted by molar-refractivity contribution is -0.131. The zero-order valence-electron chi connectivity index (χ0n) is 18.5. The van der Waals surface area contributed by atoms with Gasteiger partial charge in [0, 0.05) is 36.0 Å². The number of hydrogen-bond donors (Lipinski definition) is 0. The van der Waals surface area contributed by atoms with Crippen LogP contribution >= 0.6 is 11.6 Å². The van der Waals surface area contributed by atoms with Gasteiger partial charge in [0.25, 0.3) is 0 Å². The number of hydrogen-bond acceptors (Lipinski definition) is 3. The average molecular weight is 440 g/mol. The third kappa shape index (κ3) is 4.87. The zero-order chi connectivity index (χ0) is 22.0. The molecule has 0 aliphatic carbocycles. The number of aryl methyl sites for hydroxylation is 1. The number of amides is 1. The fourth-order valence-electron chi connectivity index (χ4n) is 4.26. The maximum atomic E-state index is 12.7. The normalized spacial score (nSPS) is 17.0. The second-order valence-corrected chi connectivity index (χ2v) is 9.63. The van der Waals surface area contributed by atoms with E-state index in [1.807, 2.05) is 35.2 Å². The summed E-state index contributed by atoms with van der Waals surface area (Å²) in [5.74, 6) is 2.21. The first kappa shape index (κ1) is 21.7. The van der Waals surface area contributed by atoms with Crippen molar-refractivity contribution in [3.63, 3.8) is 0 Å². The van der Waals surface area contributed by atoms with Crippen LogP contribution in [0.3, 0.4) is 0 Å². The molecule has 1 aliphatic rings. The van der Waals surface area contributed by atoms with Gasteiger partial charge in [-0.15, -0.1) is 0 Å². The molecule has 2 heterocycles. The van der Waals surface area contributed by atoms with E-state index in [0.29, 0.717) is 18.1 Å². The molecular weight excluding hydrogens is 410 g/mol. The summed E-state index contributed by atoms with van der Waals surface area (Å²) < 4.78 is 8.14. The van der Waals surface area contributed by atoms with Crippen molar-refractivity contribution < 1.29 is 9.53 Å². The minimum atomic E-state index is -0.165. The Morgan fingerprint density at radius 2 is 1.84 bits per heavy atom. The lowest BCUT2D eigenvalue weighted by Crippen LogP contribution is -2.42. The number of carbonyl (C=O) groups excluding carboxylic acids is 1. The molecule has 1 saturated heterocycles. The van der Waals surface area contributed by atoms with Gasteiger partial charge in [0.15, 0.2) is 0 Å². The smallest absolute Gasteiger partial charge is 0.223 e. The Morgan fingerprint density at radius 3 is 2.55 bits per heavy atom. The van der Waals surface area contributed by atoms with Crippen LogP contribution in [0.4, 0.5) is 0 Å². The molecule has 5 nitrogen and oxygen atoms in total. The van der Waals surface area contributed by atoms with Crippen molar-refractivity contribution >= 4 is 28.5 Å². The second-order valence-electron chi connectivity index (χ2n) is 9.20. The summed E-state index contributed by atoms with van der Waals surface area (Å²) in [6, 6.07) is 15.7. The van der Waals surface area contributed by atoms with E-state index in [1.165, 1.54) is 0 Å². The van der Waals surface area contributed by atoms with Crippen molar-refractivity contribution in [1.82, 2.24) is 14.5 Å². The number of ether oxygens (including phenoxy) is 1. The molecule has 0 bridgehead atoms. The number of fused-ring (bicyclic) bond motifs is 1. The fraction of sp³-hybridized carbons (Fsp3) is 0.440. The molecule has 0 unspecified atom stereocenters. The van der Waals surface area contributed by atoms with Crippen molar-refractivity contribution in [1.29, 1.82) is 0 Å². The van der Waals surface area contributed by atoms with E-state index in [2.05, 4.69) is 43.5 Å². The Kier molecular flexibility index (Phi) is 6.24. The Labute approximate surface area is 189 Å². The molecule has 0 spiro atoms. The summed E-state index contributed by atoms with van der Waals surface area (Å²) in [4.78, 5) is 19.6. The number of benzene rings is 2. The number of nitrogens with zero attached hydrogens (tertiary/aromatic N) is 3. The number of unbranched alkanes of at least 4 members (excludes halogenated alkanes) is 1. The summed E-state index contributed by atoms with van der Waals surface area (Å²) in [6.45, 7) is 8.53. The number of carbonyl (C=O) groups is 1. The maximum Gasteiger partial charge on any atom is 0.223 e. The van der Waals surface area contributed by atoms with Crippen LogP contribution in [0, 0.1) is 0 Å². The lowest BCUT2D eigenvalue weighted by Gasteiger charge is -2.32. The minimum Gasteiger partial charge on any atom is -0.494 e. The Morgan fingerprint density at radius 1 is 1.10 bits per heavy atom. The van der Waals surface area contributed by atoms with Crippen molar-refractivity contribution in [2.24, 2.45) is 0 Å². The highest BCUT2D eigenvalue weighted by atomic mass is 35.5. The maximum absolute atomic E-state index is 12.7. The number of halogens is 1. The molecule has 164 valence electrons. The summed E-state index contributed by atoms with van der Waals surface area (Å²) in [6.07, 6.45) is 2.44. The van der Waals surface area contributed by atoms with Crippen LogP contribution in [-0.2, 0) is 11.3 Å². The van der Waals surface area contributed by atoms with Crippen LogP contribution < -0.4 is 4.74 Å². The minimum absolute atomic E-state index is 0.129. The van der Waals surface area contributed by atoms with Crippen LogP contribution in [0.5, 0.6) is 5.75 Å². The molecule has 0 radical (unpaired) electrons. The van der Waals surface area contributed by atoms with Crippen molar-refractivity contribution in [3.8, 4) is 5.75 Å². The van der Waals surface area contributed by atoms with Gasteiger partial charge in [-0.3, -0.25) is 4.79 Å². The monoisotopic (exact) mass is 439 g/mol. The van der Waals surface area contributed by atoms with Crippen molar-refractivity contribution in [3.05, 3.63) is 59.4 Å². The topological polar surface area (TPSA) is 47.4 Å². The molecule has 3 aromatic rings. The number of likely N-dealkylation sites (tertiary alicyclic amines) is 1. The second kappa shape index (κ2) is 8.91. The summed E-state index contributed by atoms with van der Waals surface area (Å²) in [5, 5.41) is 0.710. The standard InChI is InChI=1S/C25H30ClN3O2/c1-25(2,3)29-17-18(16-23(29)30)24-27-21-8-4-5-9-22(21)28(24)14-6-7-15-31-20-12-10-19(26)11-13-20/h4-5,8-13,18H,6-7,14-17H2,1-3H3/t18-/m1/s1. The van der Waals surface area contributed by atoms with Crippen LogP contribution in [0.1, 0.15) is 51.8 Å². The first-order chi connectivity index (χ1) is 14.8. The quantitative estimate of drug-likeness (QED) is 0.446. The molecule has 1 atom stereocenters. The van der Waals surface area contributed by atoms with Gasteiger partial charge >= 0.3 is 0 Å². The van der Waals surface area contributed by atoms with Gasteiger partial charge in [-0.1, -0.05) is 23.7 Å². The third-order valence-corrected chi connectivity index (χ3v) is 6.09. The predicted octanol–water partition coefficient (Wildman–Crippen LogP) is 5.66. The molecule has 1 amide bonds. The van der Waals surface area contributed by atoms with Crippen LogP contribution in [0.2, 0.25) is 5.02 Å². The van der Waals surface area contributed by atoms with E-state index < -0.39 is 0 Å². The summed E-state index contributed by atoms with van der Waals surface area (Å²) >= 11 is 5.92. The third-order valence-electron chi connectivity index (χ3n) is 5.84.